The summed E-state index contributed by atoms with van der Waals surface area (Å²) in [5.74, 6) is -1.28. The van der Waals surface area contributed by atoms with E-state index in [-0.39, 0.29) is 17.0 Å². The van der Waals surface area contributed by atoms with Crippen LogP contribution >= 0.6 is 0 Å². The first-order chi connectivity index (χ1) is 11.0. The summed E-state index contributed by atoms with van der Waals surface area (Å²) < 4.78 is 47.0. The van der Waals surface area contributed by atoms with Crippen molar-refractivity contribution in [2.24, 2.45) is 14.1 Å². The minimum Gasteiger partial charge on any atom is -0.443 e. The van der Waals surface area contributed by atoms with Crippen LogP contribution in [-0.2, 0) is 18.8 Å². The normalized spacial score (nSPS) is 13.0. The number of esters is 1. The Hall–Kier alpha value is -2.65. The average Bonchev–Trinajstić information content (AvgIpc) is 2.71. The molecule has 130 valence electrons. The maximum atomic E-state index is 13.4. The molecule has 0 fully saturated rings. The summed E-state index contributed by atoms with van der Waals surface area (Å²) >= 11 is 0. The minimum absolute atomic E-state index is 0.110. The van der Waals surface area contributed by atoms with E-state index in [0.717, 1.165) is 16.8 Å². The van der Waals surface area contributed by atoms with Crippen molar-refractivity contribution in [3.05, 3.63) is 45.1 Å². The van der Waals surface area contributed by atoms with Gasteiger partial charge in [0.25, 0.3) is 5.56 Å². The number of ether oxygens (including phenoxy) is 1. The molecule has 0 amide bonds. The highest BCUT2D eigenvalue weighted by molar-refractivity contribution is 5.87. The van der Waals surface area contributed by atoms with E-state index < -0.39 is 29.5 Å². The Labute approximate surface area is 134 Å². The summed E-state index contributed by atoms with van der Waals surface area (Å²) in [6.45, 7) is 2.85. The van der Waals surface area contributed by atoms with Gasteiger partial charge in [-0.05, 0) is 19.9 Å². The van der Waals surface area contributed by atoms with E-state index in [4.69, 9.17) is 0 Å². The van der Waals surface area contributed by atoms with Crippen LogP contribution in [0.2, 0.25) is 0 Å². The molecule has 0 spiro atoms. The number of rotatable bonds is 3. The molecule has 2 heterocycles. The van der Waals surface area contributed by atoms with Crippen LogP contribution in [0.25, 0.3) is 0 Å². The van der Waals surface area contributed by atoms with Crippen molar-refractivity contribution < 1.29 is 22.7 Å². The second-order valence-electron chi connectivity index (χ2n) is 5.22. The van der Waals surface area contributed by atoms with Crippen LogP contribution in [0.5, 0.6) is 0 Å². The summed E-state index contributed by atoms with van der Waals surface area (Å²) in [5.41, 5.74) is -0.777. The smallest absolute Gasteiger partial charge is 0.430 e. The summed E-state index contributed by atoms with van der Waals surface area (Å²) in [6, 6.07) is 2.04. The fourth-order valence-electron chi connectivity index (χ4n) is 2.24. The summed E-state index contributed by atoms with van der Waals surface area (Å²) in [7, 11) is 2.77. The van der Waals surface area contributed by atoms with Gasteiger partial charge in [0.1, 0.15) is 0 Å². The minimum atomic E-state index is -4.82. The van der Waals surface area contributed by atoms with Crippen molar-refractivity contribution in [3.8, 4) is 0 Å². The number of carbonyl (C=O) groups is 1. The van der Waals surface area contributed by atoms with E-state index >= 15 is 0 Å². The third-order valence-electron chi connectivity index (χ3n) is 3.52. The first kappa shape index (κ1) is 17.7. The maximum Gasteiger partial charge on any atom is 0.430 e. The van der Waals surface area contributed by atoms with Gasteiger partial charge >= 0.3 is 12.1 Å². The average molecular weight is 344 g/mol. The van der Waals surface area contributed by atoms with Crippen LogP contribution in [0.1, 0.15) is 33.5 Å². The van der Waals surface area contributed by atoms with E-state index in [1.165, 1.54) is 32.6 Å². The van der Waals surface area contributed by atoms with Gasteiger partial charge < -0.3 is 4.74 Å². The van der Waals surface area contributed by atoms with Crippen LogP contribution in [0.4, 0.5) is 13.2 Å². The van der Waals surface area contributed by atoms with E-state index in [1.54, 1.807) is 0 Å². The van der Waals surface area contributed by atoms with Crippen LogP contribution in [0.15, 0.2) is 16.9 Å². The first-order valence-electron chi connectivity index (χ1n) is 6.84. The molecule has 0 aliphatic rings. The molecule has 0 saturated heterocycles. The monoisotopic (exact) mass is 344 g/mol. The predicted molar refractivity (Wildman–Crippen MR) is 76.4 cm³/mol. The number of halogens is 3. The lowest BCUT2D eigenvalue weighted by Crippen LogP contribution is -2.29. The topological polar surface area (TPSA) is 79.0 Å². The highest BCUT2D eigenvalue weighted by Gasteiger charge is 2.47. The van der Waals surface area contributed by atoms with Crippen LogP contribution < -0.4 is 5.56 Å². The predicted octanol–water partition coefficient (Wildman–Crippen LogP) is 1.59. The molecule has 24 heavy (non-hydrogen) atoms. The standard InChI is InChI=1S/C14H15F3N4O3/c1-7-11(8(2)20(3)18-7)12(14(15,16)17)24-13(23)9-5-6-10(22)21(4)19-9/h5-6,12H,1-4H3/t12-/m0/s1. The van der Waals surface area contributed by atoms with Crippen molar-refractivity contribution in [1.29, 1.82) is 0 Å². The fourth-order valence-corrected chi connectivity index (χ4v) is 2.24. The number of aromatic nitrogens is 4. The van der Waals surface area contributed by atoms with Crippen molar-refractivity contribution >= 4 is 5.97 Å². The fraction of sp³-hybridized carbons (Fsp3) is 0.429. The molecule has 7 nitrogen and oxygen atoms in total. The van der Waals surface area contributed by atoms with E-state index in [0.29, 0.717) is 0 Å². The van der Waals surface area contributed by atoms with Crippen molar-refractivity contribution in [3.63, 3.8) is 0 Å². The van der Waals surface area contributed by atoms with Crippen molar-refractivity contribution in [2.75, 3.05) is 0 Å². The Kier molecular flexibility index (Phi) is 4.50. The lowest BCUT2D eigenvalue weighted by molar-refractivity contribution is -0.207. The largest absolute Gasteiger partial charge is 0.443 e. The molecule has 10 heteroatoms. The molecule has 0 radical (unpaired) electrons. The number of hydrogen-bond acceptors (Lipinski definition) is 5. The Balaban J connectivity index is 2.41. The lowest BCUT2D eigenvalue weighted by atomic mass is 10.1. The number of nitrogens with zero attached hydrogens (tertiary/aromatic N) is 4. The number of alkyl halides is 3. The Morgan fingerprint density at radius 1 is 1.17 bits per heavy atom. The zero-order valence-electron chi connectivity index (χ0n) is 13.4. The molecule has 0 N–H and O–H groups in total. The molecule has 0 aliphatic carbocycles. The number of carbonyl (C=O) groups excluding carboxylic acids is 1. The van der Waals surface area contributed by atoms with Crippen LogP contribution in [-0.4, -0.2) is 31.7 Å². The van der Waals surface area contributed by atoms with Crippen LogP contribution in [0.3, 0.4) is 0 Å². The third-order valence-corrected chi connectivity index (χ3v) is 3.52. The number of hydrogen-bond donors (Lipinski definition) is 0. The molecule has 0 unspecified atom stereocenters. The molecule has 1 atom stereocenters. The Morgan fingerprint density at radius 3 is 2.25 bits per heavy atom. The molecule has 0 aromatic carbocycles. The third kappa shape index (κ3) is 3.31. The molecule has 0 saturated carbocycles. The zero-order chi connectivity index (χ0) is 18.2. The molecule has 0 aliphatic heterocycles. The Morgan fingerprint density at radius 2 is 1.79 bits per heavy atom. The van der Waals surface area contributed by atoms with Gasteiger partial charge in [0.2, 0.25) is 6.10 Å². The maximum absolute atomic E-state index is 13.4. The van der Waals surface area contributed by atoms with Crippen molar-refractivity contribution in [2.45, 2.75) is 26.1 Å². The van der Waals surface area contributed by atoms with E-state index in [2.05, 4.69) is 14.9 Å². The lowest BCUT2D eigenvalue weighted by Gasteiger charge is -2.21. The summed E-state index contributed by atoms with van der Waals surface area (Å²) in [6.07, 6.45) is -7.30. The highest BCUT2D eigenvalue weighted by Crippen LogP contribution is 2.39. The quantitative estimate of drug-likeness (QED) is 0.790. The highest BCUT2D eigenvalue weighted by atomic mass is 19.4. The van der Waals surface area contributed by atoms with Crippen LogP contribution in [0, 0.1) is 13.8 Å². The summed E-state index contributed by atoms with van der Waals surface area (Å²) in [5, 5.41) is 7.51. The van der Waals surface area contributed by atoms with E-state index in [9.17, 15) is 22.8 Å². The van der Waals surface area contributed by atoms with Crippen molar-refractivity contribution in [1.82, 2.24) is 19.6 Å². The Bertz CT molecular complexity index is 839. The zero-order valence-corrected chi connectivity index (χ0v) is 13.4. The van der Waals surface area contributed by atoms with Gasteiger partial charge in [-0.25, -0.2) is 9.48 Å². The van der Waals surface area contributed by atoms with Gasteiger partial charge in [-0.2, -0.15) is 23.4 Å². The SMILES string of the molecule is Cc1nn(C)c(C)c1[C@H](OC(=O)c1ccc(=O)n(C)n1)C(F)(F)F. The van der Waals surface area contributed by atoms with Gasteiger partial charge in [-0.1, -0.05) is 0 Å². The second-order valence-corrected chi connectivity index (χ2v) is 5.22. The molecular weight excluding hydrogens is 329 g/mol. The second kappa shape index (κ2) is 6.10. The molecular formula is C14H15F3N4O3. The number of aryl methyl sites for hydroxylation is 3. The summed E-state index contributed by atoms with van der Waals surface area (Å²) in [4.78, 5) is 23.3. The van der Waals surface area contributed by atoms with E-state index in [1.807, 2.05) is 0 Å². The van der Waals surface area contributed by atoms with Gasteiger partial charge in [-0.15, -0.1) is 0 Å². The van der Waals surface area contributed by atoms with Gasteiger partial charge in [0.15, 0.2) is 5.69 Å². The van der Waals surface area contributed by atoms with Gasteiger partial charge in [0.05, 0.1) is 5.69 Å². The van der Waals surface area contributed by atoms with Gasteiger partial charge in [-0.3, -0.25) is 9.48 Å². The molecule has 0 bridgehead atoms. The first-order valence-corrected chi connectivity index (χ1v) is 6.84. The molecule has 2 aromatic rings. The van der Waals surface area contributed by atoms with Gasteiger partial charge in [0, 0.05) is 31.4 Å². The molecule has 2 aromatic heterocycles. The molecule has 2 rings (SSSR count).